The van der Waals surface area contributed by atoms with E-state index in [4.69, 9.17) is 0 Å². The second-order valence-corrected chi connectivity index (χ2v) is 4.88. The smallest absolute Gasteiger partial charge is 0.173 e. The number of benzene rings is 1. The third-order valence-corrected chi connectivity index (χ3v) is 4.10. The Kier molecular flexibility index (Phi) is 2.00. The van der Waals surface area contributed by atoms with Crippen molar-refractivity contribution in [2.24, 2.45) is 11.8 Å². The molecule has 2 heteroatoms. The summed E-state index contributed by atoms with van der Waals surface area (Å²) in [5.41, 5.74) is 1.88. The van der Waals surface area contributed by atoms with Gasteiger partial charge in [-0.1, -0.05) is 31.2 Å². The quantitative estimate of drug-likeness (QED) is 0.622. The Morgan fingerprint density at radius 3 is 2.69 bits per heavy atom. The van der Waals surface area contributed by atoms with Gasteiger partial charge in [0.25, 0.3) is 0 Å². The maximum Gasteiger partial charge on any atom is 0.173 e. The Morgan fingerprint density at radius 2 is 1.88 bits per heavy atom. The summed E-state index contributed by atoms with van der Waals surface area (Å²) in [6.07, 6.45) is 1.71. The van der Waals surface area contributed by atoms with E-state index in [1.165, 1.54) is 0 Å². The van der Waals surface area contributed by atoms with Crippen LogP contribution >= 0.6 is 0 Å². The van der Waals surface area contributed by atoms with E-state index >= 15 is 0 Å². The molecular weight excluding hydrogens is 200 g/mol. The molecule has 3 unspecified atom stereocenters. The zero-order valence-electron chi connectivity index (χ0n) is 9.27. The van der Waals surface area contributed by atoms with Gasteiger partial charge in [-0.2, -0.15) is 0 Å². The first-order chi connectivity index (χ1) is 7.70. The normalized spacial score (nSPS) is 32.4. The van der Waals surface area contributed by atoms with E-state index in [2.05, 4.69) is 0 Å². The largest absolute Gasteiger partial charge is 0.299 e. The van der Waals surface area contributed by atoms with Gasteiger partial charge in [-0.05, 0) is 24.3 Å². The Labute approximate surface area is 94.7 Å². The molecule has 0 radical (unpaired) electrons. The van der Waals surface area contributed by atoms with E-state index in [0.717, 1.165) is 24.0 Å². The van der Waals surface area contributed by atoms with Gasteiger partial charge in [-0.15, -0.1) is 0 Å². The highest BCUT2D eigenvalue weighted by Gasteiger charge is 2.44. The van der Waals surface area contributed by atoms with Crippen molar-refractivity contribution < 1.29 is 9.59 Å². The van der Waals surface area contributed by atoms with Crippen LogP contribution in [0.5, 0.6) is 0 Å². The molecule has 3 atom stereocenters. The maximum atomic E-state index is 12.2. The van der Waals surface area contributed by atoms with Crippen LogP contribution in [0, 0.1) is 11.8 Å². The van der Waals surface area contributed by atoms with Crippen molar-refractivity contribution >= 4 is 11.6 Å². The lowest BCUT2D eigenvalue weighted by atomic mass is 9.74. The summed E-state index contributed by atoms with van der Waals surface area (Å²) >= 11 is 0. The van der Waals surface area contributed by atoms with E-state index in [0.29, 0.717) is 0 Å². The molecular formula is C14H14O2. The Bertz CT molecular complexity index is 475. The predicted octanol–water partition coefficient (Wildman–Crippen LogP) is 2.58. The number of fused-ring (bicyclic) bond motifs is 2. The van der Waals surface area contributed by atoms with Gasteiger partial charge in [-0.25, -0.2) is 0 Å². The van der Waals surface area contributed by atoms with Crippen molar-refractivity contribution in [3.63, 3.8) is 0 Å². The van der Waals surface area contributed by atoms with Crippen LogP contribution in [0.2, 0.25) is 0 Å². The van der Waals surface area contributed by atoms with Gasteiger partial charge in [0.1, 0.15) is 5.78 Å². The first-order valence-electron chi connectivity index (χ1n) is 5.87. The number of ketones is 2. The first kappa shape index (κ1) is 9.76. The van der Waals surface area contributed by atoms with E-state index in [9.17, 15) is 9.59 Å². The molecule has 2 bridgehead atoms. The minimum Gasteiger partial charge on any atom is -0.299 e. The summed E-state index contributed by atoms with van der Waals surface area (Å²) in [7, 11) is 0. The second kappa shape index (κ2) is 3.27. The molecule has 1 saturated carbocycles. The summed E-state index contributed by atoms with van der Waals surface area (Å²) in [5.74, 6) is 0.0950. The standard InChI is InChI=1S/C14H14O2/c1-8-9-6-7-12(13(8)15)14(16)11-5-3-2-4-10(9)11/h2-5,8-9,12H,6-7H2,1H3. The highest BCUT2D eigenvalue weighted by molar-refractivity contribution is 6.14. The van der Waals surface area contributed by atoms with Gasteiger partial charge >= 0.3 is 0 Å². The van der Waals surface area contributed by atoms with Crippen LogP contribution in [0.4, 0.5) is 0 Å². The molecule has 1 fully saturated rings. The fourth-order valence-corrected chi connectivity index (χ4v) is 3.17. The number of carbonyl (C=O) groups excluding carboxylic acids is 2. The topological polar surface area (TPSA) is 34.1 Å². The molecule has 16 heavy (non-hydrogen) atoms. The van der Waals surface area contributed by atoms with Crippen LogP contribution in [0.3, 0.4) is 0 Å². The summed E-state index contributed by atoms with van der Waals surface area (Å²) < 4.78 is 0. The van der Waals surface area contributed by atoms with E-state index in [-0.39, 0.29) is 29.3 Å². The number of carbonyl (C=O) groups is 2. The average molecular weight is 214 g/mol. The minimum atomic E-state index is -0.366. The highest BCUT2D eigenvalue weighted by Crippen LogP contribution is 2.44. The molecule has 4 rings (SSSR count). The molecule has 82 valence electrons. The predicted molar refractivity (Wildman–Crippen MR) is 60.4 cm³/mol. The van der Waals surface area contributed by atoms with Gasteiger partial charge in [0.2, 0.25) is 0 Å². The molecule has 0 amide bonds. The van der Waals surface area contributed by atoms with Crippen LogP contribution in [0.1, 0.15) is 41.6 Å². The monoisotopic (exact) mass is 214 g/mol. The van der Waals surface area contributed by atoms with Gasteiger partial charge < -0.3 is 0 Å². The van der Waals surface area contributed by atoms with Crippen molar-refractivity contribution in [2.75, 3.05) is 0 Å². The molecule has 0 aliphatic heterocycles. The number of hydrogen-bond acceptors (Lipinski definition) is 2. The zero-order chi connectivity index (χ0) is 11.3. The van der Waals surface area contributed by atoms with Gasteiger partial charge in [-0.3, -0.25) is 9.59 Å². The van der Waals surface area contributed by atoms with E-state index in [1.807, 2.05) is 31.2 Å². The van der Waals surface area contributed by atoms with Crippen LogP contribution in [0.25, 0.3) is 0 Å². The SMILES string of the molecule is CC1C(=O)C2CCC1c1ccccc1C2=O. The summed E-state index contributed by atoms with van der Waals surface area (Å²) in [6, 6.07) is 7.72. The van der Waals surface area contributed by atoms with E-state index < -0.39 is 0 Å². The zero-order valence-corrected chi connectivity index (χ0v) is 9.27. The summed E-state index contributed by atoms with van der Waals surface area (Å²) in [6.45, 7) is 1.97. The summed E-state index contributed by atoms with van der Waals surface area (Å²) in [5, 5.41) is 0. The van der Waals surface area contributed by atoms with Gasteiger partial charge in [0.05, 0.1) is 5.92 Å². The molecule has 1 aromatic rings. The number of hydrogen-bond donors (Lipinski definition) is 0. The molecule has 3 aliphatic carbocycles. The molecule has 1 aromatic carbocycles. The lowest BCUT2D eigenvalue weighted by Gasteiger charge is -2.28. The third-order valence-electron chi connectivity index (χ3n) is 4.10. The molecule has 0 N–H and O–H groups in total. The summed E-state index contributed by atoms with van der Waals surface area (Å²) in [4.78, 5) is 24.3. The maximum absolute atomic E-state index is 12.2. The van der Waals surface area contributed by atoms with Crippen molar-refractivity contribution in [3.05, 3.63) is 35.4 Å². The van der Waals surface area contributed by atoms with Crippen LogP contribution in [-0.2, 0) is 4.79 Å². The average Bonchev–Trinajstić information content (AvgIpc) is 2.49. The molecule has 2 nitrogen and oxygen atoms in total. The lowest BCUT2D eigenvalue weighted by molar-refractivity contribution is -0.127. The van der Waals surface area contributed by atoms with Gasteiger partial charge in [0.15, 0.2) is 5.78 Å². The van der Waals surface area contributed by atoms with Crippen molar-refractivity contribution in [1.82, 2.24) is 0 Å². The van der Waals surface area contributed by atoms with E-state index in [1.54, 1.807) is 0 Å². The highest BCUT2D eigenvalue weighted by atomic mass is 16.2. The third kappa shape index (κ3) is 1.13. The second-order valence-electron chi connectivity index (χ2n) is 4.88. The Balaban J connectivity index is 2.24. The van der Waals surface area contributed by atoms with Gasteiger partial charge in [0, 0.05) is 11.5 Å². The fraction of sp³-hybridized carbons (Fsp3) is 0.429. The van der Waals surface area contributed by atoms with Crippen molar-refractivity contribution in [1.29, 1.82) is 0 Å². The first-order valence-corrected chi connectivity index (χ1v) is 5.87. The fourth-order valence-electron chi connectivity index (χ4n) is 3.17. The van der Waals surface area contributed by atoms with Crippen LogP contribution in [0.15, 0.2) is 24.3 Å². The minimum absolute atomic E-state index is 0.00588. The lowest BCUT2D eigenvalue weighted by Crippen LogP contribution is -2.32. The molecule has 0 saturated heterocycles. The molecule has 0 heterocycles. The molecule has 3 aliphatic rings. The van der Waals surface area contributed by atoms with Crippen LogP contribution < -0.4 is 0 Å². The molecule has 0 aromatic heterocycles. The molecule has 0 spiro atoms. The Morgan fingerprint density at radius 1 is 1.12 bits per heavy atom. The van der Waals surface area contributed by atoms with Crippen molar-refractivity contribution in [2.45, 2.75) is 25.7 Å². The number of rotatable bonds is 0. The van der Waals surface area contributed by atoms with Crippen LogP contribution in [-0.4, -0.2) is 11.6 Å². The van der Waals surface area contributed by atoms with Crippen molar-refractivity contribution in [3.8, 4) is 0 Å². The Hall–Kier alpha value is -1.44. The number of Topliss-reactive ketones (excluding diaryl/α,β-unsaturated/α-hetero) is 2.